The van der Waals surface area contributed by atoms with E-state index in [-0.39, 0.29) is 30.6 Å². The first-order valence-corrected chi connectivity index (χ1v) is 9.57. The van der Waals surface area contributed by atoms with Gasteiger partial charge in [-0.2, -0.15) is 5.10 Å². The molecule has 0 bridgehead atoms. The monoisotopic (exact) mass is 478 g/mol. The molecule has 0 aromatic carbocycles. The van der Waals surface area contributed by atoms with Gasteiger partial charge in [0.1, 0.15) is 11.6 Å². The van der Waals surface area contributed by atoms with Crippen molar-refractivity contribution in [2.24, 2.45) is 16.8 Å². The van der Waals surface area contributed by atoms with Gasteiger partial charge in [0.05, 0.1) is 6.54 Å². The molecule has 26 heavy (non-hydrogen) atoms. The van der Waals surface area contributed by atoms with E-state index in [1.165, 1.54) is 0 Å². The molecule has 2 atom stereocenters. The summed E-state index contributed by atoms with van der Waals surface area (Å²) in [5.41, 5.74) is 0. The summed E-state index contributed by atoms with van der Waals surface area (Å²) < 4.78 is 2.01. The van der Waals surface area contributed by atoms with Gasteiger partial charge in [-0.3, -0.25) is 4.99 Å². The van der Waals surface area contributed by atoms with Gasteiger partial charge in [0.2, 0.25) is 0 Å². The maximum Gasteiger partial charge on any atom is 0.191 e. The number of hydrogen-bond acceptors (Lipinski definition) is 4. The van der Waals surface area contributed by atoms with Gasteiger partial charge in [-0.1, -0.05) is 13.8 Å². The van der Waals surface area contributed by atoms with Crippen LogP contribution in [-0.2, 0) is 13.0 Å². The molecular weight excluding hydrogens is 443 g/mol. The summed E-state index contributed by atoms with van der Waals surface area (Å²) in [6.45, 7) is 11.1. The molecule has 2 rings (SSSR count). The largest absolute Gasteiger partial charge is 0.396 e. The van der Waals surface area contributed by atoms with Gasteiger partial charge < -0.3 is 15.7 Å². The first-order chi connectivity index (χ1) is 12.0. The zero-order valence-corrected chi connectivity index (χ0v) is 18.9. The molecule has 0 amide bonds. The standard InChI is InChI=1S/C18H34N6O.HI/c1-5-19-18(20-11-15(8-9-25)10-13(2)3)22-16-6-7-17-21-14(4)23-24(17)12-16;/h13,15-16,25H,5-12H2,1-4H3,(H2,19,20,22);1H. The summed E-state index contributed by atoms with van der Waals surface area (Å²) in [6, 6.07) is 0.313. The normalized spacial score (nSPS) is 18.2. The first-order valence-electron chi connectivity index (χ1n) is 9.57. The summed E-state index contributed by atoms with van der Waals surface area (Å²) in [7, 11) is 0. The van der Waals surface area contributed by atoms with E-state index in [1.54, 1.807) is 0 Å². The highest BCUT2D eigenvalue weighted by Crippen LogP contribution is 2.16. The van der Waals surface area contributed by atoms with E-state index in [1.807, 2.05) is 11.6 Å². The zero-order valence-electron chi connectivity index (χ0n) is 16.5. The highest BCUT2D eigenvalue weighted by molar-refractivity contribution is 14.0. The Hall–Kier alpha value is -0.900. The van der Waals surface area contributed by atoms with Crippen LogP contribution in [0.3, 0.4) is 0 Å². The highest BCUT2D eigenvalue weighted by Gasteiger charge is 2.21. The molecule has 0 spiro atoms. The summed E-state index contributed by atoms with van der Waals surface area (Å²) in [5.74, 6) is 3.83. The van der Waals surface area contributed by atoms with Gasteiger partial charge in [-0.15, -0.1) is 24.0 Å². The summed E-state index contributed by atoms with van der Waals surface area (Å²) in [4.78, 5) is 9.24. The Balaban J connectivity index is 0.00000338. The number of guanidine groups is 1. The summed E-state index contributed by atoms with van der Waals surface area (Å²) >= 11 is 0. The van der Waals surface area contributed by atoms with Crippen LogP contribution in [0.25, 0.3) is 0 Å². The molecule has 1 aliphatic rings. The van der Waals surface area contributed by atoms with Crippen LogP contribution in [0.4, 0.5) is 0 Å². The van der Waals surface area contributed by atoms with E-state index >= 15 is 0 Å². The van der Waals surface area contributed by atoms with Crippen LogP contribution in [0.2, 0.25) is 0 Å². The Morgan fingerprint density at radius 3 is 2.85 bits per heavy atom. The molecule has 3 N–H and O–H groups in total. The number of aliphatic hydroxyl groups is 1. The first kappa shape index (κ1) is 23.1. The van der Waals surface area contributed by atoms with Crippen molar-refractivity contribution < 1.29 is 5.11 Å². The molecule has 7 nitrogen and oxygen atoms in total. The molecule has 150 valence electrons. The Bertz CT molecular complexity index is 560. The minimum absolute atomic E-state index is 0. The van der Waals surface area contributed by atoms with Gasteiger partial charge in [0.15, 0.2) is 5.96 Å². The maximum absolute atomic E-state index is 9.28. The molecule has 0 fully saturated rings. The number of aliphatic hydroxyl groups excluding tert-OH is 1. The predicted molar refractivity (Wildman–Crippen MR) is 116 cm³/mol. The van der Waals surface area contributed by atoms with Crippen LogP contribution in [0.15, 0.2) is 4.99 Å². The lowest BCUT2D eigenvalue weighted by molar-refractivity contribution is 0.245. The third-order valence-electron chi connectivity index (χ3n) is 4.50. The topological polar surface area (TPSA) is 87.4 Å². The number of fused-ring (bicyclic) bond motifs is 1. The van der Waals surface area contributed by atoms with E-state index in [0.29, 0.717) is 17.9 Å². The van der Waals surface area contributed by atoms with Crippen molar-refractivity contribution >= 4 is 29.9 Å². The number of aromatic nitrogens is 3. The number of rotatable bonds is 8. The van der Waals surface area contributed by atoms with E-state index in [2.05, 4.69) is 41.5 Å². The molecule has 8 heteroatoms. The number of aryl methyl sites for hydroxylation is 2. The molecule has 1 aromatic rings. The number of nitrogens with zero attached hydrogens (tertiary/aromatic N) is 4. The molecular formula is C18H35IN6O. The second-order valence-corrected chi connectivity index (χ2v) is 7.36. The van der Waals surface area contributed by atoms with Crippen LogP contribution in [0.5, 0.6) is 0 Å². The van der Waals surface area contributed by atoms with Crippen molar-refractivity contribution in [3.05, 3.63) is 11.6 Å². The lowest BCUT2D eigenvalue weighted by Crippen LogP contribution is -2.47. The molecule has 0 radical (unpaired) electrons. The average molecular weight is 478 g/mol. The van der Waals surface area contributed by atoms with Crippen LogP contribution in [-0.4, -0.2) is 51.6 Å². The maximum atomic E-state index is 9.28. The minimum Gasteiger partial charge on any atom is -0.396 e. The molecule has 1 aromatic heterocycles. The molecule has 0 aliphatic carbocycles. The third kappa shape index (κ3) is 7.38. The van der Waals surface area contributed by atoms with E-state index < -0.39 is 0 Å². The smallest absolute Gasteiger partial charge is 0.191 e. The molecule has 2 unspecified atom stereocenters. The second-order valence-electron chi connectivity index (χ2n) is 7.36. The van der Waals surface area contributed by atoms with Gasteiger partial charge in [0.25, 0.3) is 0 Å². The number of halogens is 1. The molecule has 1 aliphatic heterocycles. The Morgan fingerprint density at radius 1 is 1.42 bits per heavy atom. The fourth-order valence-electron chi connectivity index (χ4n) is 3.42. The van der Waals surface area contributed by atoms with E-state index in [4.69, 9.17) is 4.99 Å². The van der Waals surface area contributed by atoms with Crippen LogP contribution >= 0.6 is 24.0 Å². The summed E-state index contributed by atoms with van der Waals surface area (Å²) in [5, 5.41) is 20.6. The molecule has 2 heterocycles. The number of aliphatic imine (C=N–C) groups is 1. The fourth-order valence-corrected chi connectivity index (χ4v) is 3.42. The molecule has 0 saturated heterocycles. The lowest BCUT2D eigenvalue weighted by atomic mass is 9.94. The quantitative estimate of drug-likeness (QED) is 0.303. The Kier molecular flexibility index (Phi) is 10.4. The lowest BCUT2D eigenvalue weighted by Gasteiger charge is -2.26. The fraction of sp³-hybridized carbons (Fsp3) is 0.833. The van der Waals surface area contributed by atoms with Crippen LogP contribution < -0.4 is 10.6 Å². The summed E-state index contributed by atoms with van der Waals surface area (Å²) in [6.07, 6.45) is 3.88. The zero-order chi connectivity index (χ0) is 18.2. The van der Waals surface area contributed by atoms with Crippen molar-refractivity contribution in [1.29, 1.82) is 0 Å². The highest BCUT2D eigenvalue weighted by atomic mass is 127. The van der Waals surface area contributed by atoms with Gasteiger partial charge in [-0.25, -0.2) is 9.67 Å². The Labute approximate surface area is 174 Å². The third-order valence-corrected chi connectivity index (χ3v) is 4.50. The molecule has 0 saturated carbocycles. The van der Waals surface area contributed by atoms with Gasteiger partial charge in [-0.05, 0) is 44.9 Å². The average Bonchev–Trinajstić information content (AvgIpc) is 2.91. The van der Waals surface area contributed by atoms with Crippen LogP contribution in [0.1, 0.15) is 51.7 Å². The second kappa shape index (κ2) is 11.7. The predicted octanol–water partition coefficient (Wildman–Crippen LogP) is 2.12. The van der Waals surface area contributed by atoms with E-state index in [9.17, 15) is 5.11 Å². The van der Waals surface area contributed by atoms with Crippen molar-refractivity contribution in [2.75, 3.05) is 19.7 Å². The SMILES string of the molecule is CCNC(=NCC(CCO)CC(C)C)NC1CCc2nc(C)nn2C1.I. The van der Waals surface area contributed by atoms with Crippen molar-refractivity contribution in [1.82, 2.24) is 25.4 Å². The van der Waals surface area contributed by atoms with Gasteiger partial charge >= 0.3 is 0 Å². The van der Waals surface area contributed by atoms with Crippen molar-refractivity contribution in [2.45, 2.75) is 66.0 Å². The van der Waals surface area contributed by atoms with Crippen LogP contribution in [0, 0.1) is 18.8 Å². The Morgan fingerprint density at radius 2 is 2.19 bits per heavy atom. The van der Waals surface area contributed by atoms with Crippen molar-refractivity contribution in [3.8, 4) is 0 Å². The minimum atomic E-state index is 0. The number of hydrogen-bond donors (Lipinski definition) is 3. The van der Waals surface area contributed by atoms with Crippen molar-refractivity contribution in [3.63, 3.8) is 0 Å². The van der Waals surface area contributed by atoms with Gasteiger partial charge in [0, 0.05) is 32.2 Å². The number of nitrogens with one attached hydrogen (secondary N) is 2. The van der Waals surface area contributed by atoms with E-state index in [0.717, 1.165) is 62.9 Å².